The summed E-state index contributed by atoms with van der Waals surface area (Å²) in [6.45, 7) is 7.00. The van der Waals surface area contributed by atoms with Gasteiger partial charge in [-0.15, -0.1) is 0 Å². The fourth-order valence-electron chi connectivity index (χ4n) is 2.48. The second kappa shape index (κ2) is 5.83. The van der Waals surface area contributed by atoms with Gasteiger partial charge >= 0.3 is 0 Å². The minimum Gasteiger partial charge on any atom is -0.476 e. The molecule has 4 nitrogen and oxygen atoms in total. The molecule has 1 aromatic carbocycles. The molecule has 0 atom stereocenters. The molecule has 20 heavy (non-hydrogen) atoms. The first kappa shape index (κ1) is 14.9. The van der Waals surface area contributed by atoms with Gasteiger partial charge in [0.05, 0.1) is 5.69 Å². The molecule has 0 radical (unpaired) electrons. The van der Waals surface area contributed by atoms with E-state index in [0.717, 1.165) is 42.8 Å². The lowest BCUT2D eigenvalue weighted by Gasteiger charge is -2.39. The van der Waals surface area contributed by atoms with Gasteiger partial charge < -0.3 is 15.4 Å². The zero-order valence-electron chi connectivity index (χ0n) is 12.6. The summed E-state index contributed by atoms with van der Waals surface area (Å²) in [6.07, 6.45) is 3.26. The Labute approximate surface area is 120 Å². The van der Waals surface area contributed by atoms with Gasteiger partial charge in [-0.3, -0.25) is 4.79 Å². The maximum Gasteiger partial charge on any atom is 0.270 e. The van der Waals surface area contributed by atoms with Gasteiger partial charge in [-0.25, -0.2) is 0 Å². The highest BCUT2D eigenvalue weighted by Gasteiger charge is 2.40. The molecule has 0 unspecified atom stereocenters. The molecule has 0 fully saturated rings. The van der Waals surface area contributed by atoms with E-state index in [9.17, 15) is 4.79 Å². The summed E-state index contributed by atoms with van der Waals surface area (Å²) in [5.74, 6) is 0.790. The summed E-state index contributed by atoms with van der Waals surface area (Å²) < 4.78 is 5.84. The van der Waals surface area contributed by atoms with Crippen LogP contribution >= 0.6 is 0 Å². The Hall–Kier alpha value is -1.55. The molecule has 1 aliphatic heterocycles. The van der Waals surface area contributed by atoms with E-state index >= 15 is 0 Å². The lowest BCUT2D eigenvalue weighted by molar-refractivity contribution is -0.132. The molecular formula is C16H24N2O2. The van der Waals surface area contributed by atoms with Crippen LogP contribution in [0.25, 0.3) is 0 Å². The third-order valence-corrected chi connectivity index (χ3v) is 3.66. The number of carbonyl (C=O) groups excluding carboxylic acids is 1. The van der Waals surface area contributed by atoms with E-state index in [-0.39, 0.29) is 5.91 Å². The summed E-state index contributed by atoms with van der Waals surface area (Å²) in [5.41, 5.74) is 6.76. The quantitative estimate of drug-likeness (QED) is 0.841. The lowest BCUT2D eigenvalue weighted by atomic mass is 10.0. The van der Waals surface area contributed by atoms with Crippen molar-refractivity contribution in [2.75, 3.05) is 11.4 Å². The number of nitrogens with zero attached hydrogens (tertiary/aromatic N) is 1. The number of amides is 1. The number of hydrogen-bond acceptors (Lipinski definition) is 3. The zero-order chi connectivity index (χ0) is 14.8. The Morgan fingerprint density at radius 1 is 1.30 bits per heavy atom. The topological polar surface area (TPSA) is 55.6 Å². The summed E-state index contributed by atoms with van der Waals surface area (Å²) in [6, 6.07) is 5.84. The van der Waals surface area contributed by atoms with Crippen LogP contribution in [0.4, 0.5) is 5.69 Å². The minimum atomic E-state index is -0.802. The average molecular weight is 276 g/mol. The summed E-state index contributed by atoms with van der Waals surface area (Å²) in [5, 5.41) is 0. The first-order valence-electron chi connectivity index (χ1n) is 7.33. The van der Waals surface area contributed by atoms with E-state index in [1.807, 2.05) is 36.9 Å². The van der Waals surface area contributed by atoms with E-state index in [4.69, 9.17) is 10.5 Å². The van der Waals surface area contributed by atoms with Crippen molar-refractivity contribution in [3.63, 3.8) is 0 Å². The first-order chi connectivity index (χ1) is 9.49. The molecule has 0 aliphatic carbocycles. The van der Waals surface area contributed by atoms with Gasteiger partial charge in [-0.2, -0.15) is 0 Å². The Bertz CT molecular complexity index is 497. The van der Waals surface area contributed by atoms with E-state index < -0.39 is 5.60 Å². The van der Waals surface area contributed by atoms with Gasteiger partial charge in [0.15, 0.2) is 5.60 Å². The van der Waals surface area contributed by atoms with Crippen molar-refractivity contribution in [2.45, 2.75) is 52.2 Å². The molecule has 0 aromatic heterocycles. The van der Waals surface area contributed by atoms with Crippen molar-refractivity contribution in [1.29, 1.82) is 0 Å². The SMILES string of the molecule is CCCCCN1C(=O)C(C)(C)Oc2ccc(CN)cc21. The van der Waals surface area contributed by atoms with Gasteiger partial charge in [0, 0.05) is 13.1 Å². The maximum atomic E-state index is 12.6. The number of unbranched alkanes of at least 4 members (excludes halogenated alkanes) is 2. The molecule has 4 heteroatoms. The summed E-state index contributed by atoms with van der Waals surface area (Å²) in [4.78, 5) is 14.4. The molecule has 1 heterocycles. The van der Waals surface area contributed by atoms with Crippen molar-refractivity contribution in [3.8, 4) is 5.75 Å². The minimum absolute atomic E-state index is 0.0234. The van der Waals surface area contributed by atoms with Crippen molar-refractivity contribution in [1.82, 2.24) is 0 Å². The van der Waals surface area contributed by atoms with E-state index in [0.29, 0.717) is 6.54 Å². The fourth-order valence-corrected chi connectivity index (χ4v) is 2.48. The van der Waals surface area contributed by atoms with Gasteiger partial charge in [0.25, 0.3) is 5.91 Å². The molecule has 0 saturated carbocycles. The van der Waals surface area contributed by atoms with Crippen LogP contribution in [0.15, 0.2) is 18.2 Å². The fraction of sp³-hybridized carbons (Fsp3) is 0.562. The van der Waals surface area contributed by atoms with Crippen molar-refractivity contribution in [2.24, 2.45) is 5.73 Å². The van der Waals surface area contributed by atoms with Gasteiger partial charge in [0.2, 0.25) is 0 Å². The number of benzene rings is 1. The van der Waals surface area contributed by atoms with E-state index in [1.165, 1.54) is 0 Å². The molecule has 0 spiro atoms. The van der Waals surface area contributed by atoms with Crippen molar-refractivity contribution >= 4 is 11.6 Å². The Balaban J connectivity index is 2.35. The molecule has 2 N–H and O–H groups in total. The van der Waals surface area contributed by atoms with Gasteiger partial charge in [-0.05, 0) is 38.0 Å². The molecule has 1 aromatic rings. The summed E-state index contributed by atoms with van der Waals surface area (Å²) >= 11 is 0. The monoisotopic (exact) mass is 276 g/mol. The lowest BCUT2D eigenvalue weighted by Crippen LogP contribution is -2.52. The van der Waals surface area contributed by atoms with Crippen LogP contribution < -0.4 is 15.4 Å². The molecule has 1 aliphatic rings. The van der Waals surface area contributed by atoms with Crippen molar-refractivity contribution < 1.29 is 9.53 Å². The zero-order valence-corrected chi connectivity index (χ0v) is 12.6. The largest absolute Gasteiger partial charge is 0.476 e. The first-order valence-corrected chi connectivity index (χ1v) is 7.33. The Kier molecular flexibility index (Phi) is 4.33. The summed E-state index contributed by atoms with van der Waals surface area (Å²) in [7, 11) is 0. The average Bonchev–Trinajstić information content (AvgIpc) is 2.42. The standard InChI is InChI=1S/C16H24N2O2/c1-4-5-6-9-18-13-10-12(11-17)7-8-14(13)20-16(2,3)15(18)19/h7-8,10H,4-6,9,11,17H2,1-3H3. The van der Waals surface area contributed by atoms with Crippen LogP contribution in [0.2, 0.25) is 0 Å². The number of carbonyl (C=O) groups is 1. The highest BCUT2D eigenvalue weighted by molar-refractivity contribution is 6.02. The molecule has 110 valence electrons. The number of nitrogens with two attached hydrogens (primary N) is 1. The number of anilines is 1. The molecule has 0 saturated heterocycles. The highest BCUT2D eigenvalue weighted by atomic mass is 16.5. The van der Waals surface area contributed by atoms with E-state index in [1.54, 1.807) is 0 Å². The molecular weight excluding hydrogens is 252 g/mol. The van der Waals surface area contributed by atoms with Crippen LogP contribution in [-0.2, 0) is 11.3 Å². The molecule has 1 amide bonds. The van der Waals surface area contributed by atoms with E-state index in [2.05, 4.69) is 6.92 Å². The van der Waals surface area contributed by atoms with Crippen LogP contribution in [0.5, 0.6) is 5.75 Å². The Morgan fingerprint density at radius 3 is 2.70 bits per heavy atom. The highest BCUT2D eigenvalue weighted by Crippen LogP contribution is 2.38. The normalized spacial score (nSPS) is 16.8. The smallest absolute Gasteiger partial charge is 0.270 e. The molecule has 2 rings (SSSR count). The third kappa shape index (κ3) is 2.80. The predicted molar refractivity (Wildman–Crippen MR) is 80.9 cm³/mol. The number of rotatable bonds is 5. The van der Waals surface area contributed by atoms with Gasteiger partial charge in [-0.1, -0.05) is 25.8 Å². The number of ether oxygens (including phenoxy) is 1. The van der Waals surface area contributed by atoms with Crippen LogP contribution in [0.3, 0.4) is 0 Å². The molecule has 0 bridgehead atoms. The van der Waals surface area contributed by atoms with Gasteiger partial charge in [0.1, 0.15) is 5.75 Å². The van der Waals surface area contributed by atoms with Crippen LogP contribution in [0.1, 0.15) is 45.6 Å². The third-order valence-electron chi connectivity index (χ3n) is 3.66. The maximum absolute atomic E-state index is 12.6. The van der Waals surface area contributed by atoms with Crippen LogP contribution in [0, 0.1) is 0 Å². The second-order valence-electron chi connectivity index (χ2n) is 5.78. The van der Waals surface area contributed by atoms with Crippen molar-refractivity contribution in [3.05, 3.63) is 23.8 Å². The predicted octanol–water partition coefficient (Wildman–Crippen LogP) is 2.84. The van der Waals surface area contributed by atoms with Crippen LogP contribution in [-0.4, -0.2) is 18.1 Å². The number of hydrogen-bond donors (Lipinski definition) is 1. The number of fused-ring (bicyclic) bond motifs is 1. The second-order valence-corrected chi connectivity index (χ2v) is 5.78. The Morgan fingerprint density at radius 2 is 2.05 bits per heavy atom.